The van der Waals surface area contributed by atoms with Gasteiger partial charge in [0.1, 0.15) is 11.6 Å². The van der Waals surface area contributed by atoms with Gasteiger partial charge in [-0.05, 0) is 23.6 Å². The lowest BCUT2D eigenvalue weighted by molar-refractivity contribution is 0.304. The zero-order chi connectivity index (χ0) is 11.5. The Morgan fingerprint density at radius 1 is 1.31 bits per heavy atom. The summed E-state index contributed by atoms with van der Waals surface area (Å²) in [6, 6.07) is 7.08. The fourth-order valence-corrected chi connectivity index (χ4v) is 1.70. The average Bonchev–Trinajstić information content (AvgIpc) is 2.28. The fraction of sp³-hybridized carbons (Fsp3) is 0.250. The first-order valence-corrected chi connectivity index (χ1v) is 5.12. The van der Waals surface area contributed by atoms with Crippen LogP contribution in [0.25, 0.3) is 10.8 Å². The number of phenolic OH excluding ortho intramolecular Hbond substituents is 1. The normalized spacial score (nSPS) is 10.6. The van der Waals surface area contributed by atoms with Crippen molar-refractivity contribution < 1.29 is 10.2 Å². The summed E-state index contributed by atoms with van der Waals surface area (Å²) in [5, 5.41) is 20.3. The van der Waals surface area contributed by atoms with Gasteiger partial charge in [-0.25, -0.2) is 4.98 Å². The predicted octanol–water partition coefficient (Wildman–Crippen LogP) is 1.37. The van der Waals surface area contributed by atoms with Crippen LogP contribution in [0.4, 0.5) is 5.82 Å². The van der Waals surface area contributed by atoms with Gasteiger partial charge in [0.2, 0.25) is 0 Å². The quantitative estimate of drug-likeness (QED) is 0.817. The lowest BCUT2D eigenvalue weighted by atomic mass is 10.1. The number of anilines is 1. The van der Waals surface area contributed by atoms with Crippen LogP contribution in [-0.2, 0) is 0 Å². The molecule has 0 saturated heterocycles. The Kier molecular flexibility index (Phi) is 2.92. The maximum absolute atomic E-state index is 9.47. The van der Waals surface area contributed by atoms with Gasteiger partial charge >= 0.3 is 0 Å². The van der Waals surface area contributed by atoms with Crippen molar-refractivity contribution in [3.63, 3.8) is 0 Å². The van der Waals surface area contributed by atoms with Crippen molar-refractivity contribution in [2.45, 2.75) is 0 Å². The Hall–Kier alpha value is -1.81. The fourth-order valence-electron chi connectivity index (χ4n) is 1.70. The van der Waals surface area contributed by atoms with Gasteiger partial charge in [-0.3, -0.25) is 0 Å². The van der Waals surface area contributed by atoms with Gasteiger partial charge in [-0.2, -0.15) is 0 Å². The molecular weight excluding hydrogens is 204 g/mol. The molecule has 1 aromatic heterocycles. The summed E-state index contributed by atoms with van der Waals surface area (Å²) >= 11 is 0. The Morgan fingerprint density at radius 3 is 2.88 bits per heavy atom. The zero-order valence-electron chi connectivity index (χ0n) is 9.09. The third-order valence-electron chi connectivity index (χ3n) is 2.53. The van der Waals surface area contributed by atoms with E-state index in [-0.39, 0.29) is 12.4 Å². The van der Waals surface area contributed by atoms with Crippen molar-refractivity contribution in [3.05, 3.63) is 30.5 Å². The number of phenols is 1. The van der Waals surface area contributed by atoms with Crippen molar-refractivity contribution in [3.8, 4) is 5.75 Å². The van der Waals surface area contributed by atoms with Crippen LogP contribution in [0.5, 0.6) is 5.75 Å². The van der Waals surface area contributed by atoms with Crippen LogP contribution in [0.1, 0.15) is 0 Å². The number of nitrogens with zero attached hydrogens (tertiary/aromatic N) is 2. The molecule has 1 aromatic carbocycles. The second-order valence-electron chi connectivity index (χ2n) is 3.69. The van der Waals surface area contributed by atoms with E-state index in [0.717, 1.165) is 16.6 Å². The Labute approximate surface area is 93.8 Å². The summed E-state index contributed by atoms with van der Waals surface area (Å²) in [7, 11) is 1.86. The van der Waals surface area contributed by atoms with Gasteiger partial charge in [-0.1, -0.05) is 6.07 Å². The average molecular weight is 218 g/mol. The van der Waals surface area contributed by atoms with Gasteiger partial charge in [0, 0.05) is 25.2 Å². The Morgan fingerprint density at radius 2 is 2.12 bits per heavy atom. The maximum Gasteiger partial charge on any atom is 0.136 e. The third kappa shape index (κ3) is 1.92. The van der Waals surface area contributed by atoms with Gasteiger partial charge < -0.3 is 15.1 Å². The van der Waals surface area contributed by atoms with Gasteiger partial charge in [0.25, 0.3) is 0 Å². The second-order valence-corrected chi connectivity index (χ2v) is 3.69. The van der Waals surface area contributed by atoms with E-state index < -0.39 is 0 Å². The minimum atomic E-state index is 0.0768. The van der Waals surface area contributed by atoms with Crippen LogP contribution in [0.15, 0.2) is 30.5 Å². The van der Waals surface area contributed by atoms with E-state index in [1.165, 1.54) is 0 Å². The summed E-state index contributed by atoms with van der Waals surface area (Å²) in [4.78, 5) is 6.13. The topological polar surface area (TPSA) is 56.6 Å². The van der Waals surface area contributed by atoms with E-state index in [4.69, 9.17) is 5.11 Å². The van der Waals surface area contributed by atoms with E-state index in [2.05, 4.69) is 4.98 Å². The first-order chi connectivity index (χ1) is 7.72. The van der Waals surface area contributed by atoms with Crippen molar-refractivity contribution in [2.75, 3.05) is 25.1 Å². The number of aliphatic hydroxyl groups is 1. The highest BCUT2D eigenvalue weighted by Gasteiger charge is 2.07. The maximum atomic E-state index is 9.47. The highest BCUT2D eigenvalue weighted by Crippen LogP contribution is 2.26. The monoisotopic (exact) mass is 218 g/mol. The number of pyridine rings is 1. The Balaban J connectivity index is 2.55. The number of hydrogen-bond donors (Lipinski definition) is 2. The first-order valence-electron chi connectivity index (χ1n) is 5.12. The molecule has 2 aromatic rings. The number of benzene rings is 1. The summed E-state index contributed by atoms with van der Waals surface area (Å²) in [6.45, 7) is 0.592. The number of fused-ring (bicyclic) bond motifs is 1. The molecule has 0 unspecified atom stereocenters. The smallest absolute Gasteiger partial charge is 0.136 e. The van der Waals surface area contributed by atoms with Crippen LogP contribution < -0.4 is 4.90 Å². The number of rotatable bonds is 3. The first kappa shape index (κ1) is 10.7. The highest BCUT2D eigenvalue weighted by molar-refractivity contribution is 5.93. The molecule has 0 saturated carbocycles. The molecule has 2 rings (SSSR count). The SMILES string of the molecule is CN(CCO)c1nccc2ccc(O)cc12. The predicted molar refractivity (Wildman–Crippen MR) is 63.8 cm³/mol. The summed E-state index contributed by atoms with van der Waals surface area (Å²) in [5.74, 6) is 0.988. The molecular formula is C12H14N2O2. The molecule has 1 heterocycles. The summed E-state index contributed by atoms with van der Waals surface area (Å²) < 4.78 is 0. The lowest BCUT2D eigenvalue weighted by Crippen LogP contribution is -2.22. The van der Waals surface area contributed by atoms with Gasteiger partial charge in [0.05, 0.1) is 6.61 Å². The molecule has 0 atom stereocenters. The lowest BCUT2D eigenvalue weighted by Gasteiger charge is -2.18. The number of aromatic hydroxyl groups is 1. The molecule has 84 valence electrons. The van der Waals surface area contributed by atoms with Crippen molar-refractivity contribution in [2.24, 2.45) is 0 Å². The minimum Gasteiger partial charge on any atom is -0.508 e. The molecule has 0 aliphatic rings. The second kappa shape index (κ2) is 4.37. The van der Waals surface area contributed by atoms with Crippen LogP contribution >= 0.6 is 0 Å². The van der Waals surface area contributed by atoms with Crippen molar-refractivity contribution in [1.82, 2.24) is 4.98 Å². The van der Waals surface area contributed by atoms with Crippen molar-refractivity contribution >= 4 is 16.6 Å². The third-order valence-corrected chi connectivity index (χ3v) is 2.53. The molecule has 4 nitrogen and oxygen atoms in total. The number of hydrogen-bond acceptors (Lipinski definition) is 4. The molecule has 0 amide bonds. The molecule has 0 aliphatic carbocycles. The molecule has 0 radical (unpaired) electrons. The largest absolute Gasteiger partial charge is 0.508 e. The Bertz CT molecular complexity index is 499. The summed E-state index contributed by atoms with van der Waals surface area (Å²) in [6.07, 6.45) is 1.72. The molecule has 2 N–H and O–H groups in total. The number of aromatic nitrogens is 1. The van der Waals surface area contributed by atoms with Gasteiger partial charge in [-0.15, -0.1) is 0 Å². The number of aliphatic hydroxyl groups excluding tert-OH is 1. The van der Waals surface area contributed by atoms with Crippen LogP contribution in [0, 0.1) is 0 Å². The minimum absolute atomic E-state index is 0.0768. The van der Waals surface area contributed by atoms with Crippen molar-refractivity contribution in [1.29, 1.82) is 0 Å². The zero-order valence-corrected chi connectivity index (χ0v) is 9.09. The van der Waals surface area contributed by atoms with E-state index >= 15 is 0 Å². The standard InChI is InChI=1S/C12H14N2O2/c1-14(6-7-15)12-11-8-10(16)3-2-9(11)4-5-13-12/h2-5,8,15-16H,6-7H2,1H3. The molecule has 0 aliphatic heterocycles. The van der Waals surface area contributed by atoms with Crippen LogP contribution in [-0.4, -0.2) is 35.4 Å². The van der Waals surface area contributed by atoms with Crippen LogP contribution in [0.2, 0.25) is 0 Å². The molecule has 0 bridgehead atoms. The van der Waals surface area contributed by atoms with E-state index in [1.54, 1.807) is 18.3 Å². The molecule has 0 fully saturated rings. The summed E-state index contributed by atoms with van der Waals surface area (Å²) in [5.41, 5.74) is 0. The van der Waals surface area contributed by atoms with E-state index in [9.17, 15) is 5.11 Å². The molecule has 0 spiro atoms. The van der Waals surface area contributed by atoms with Gasteiger partial charge in [0.15, 0.2) is 0 Å². The van der Waals surface area contributed by atoms with E-state index in [1.807, 2.05) is 24.1 Å². The highest BCUT2D eigenvalue weighted by atomic mass is 16.3. The molecule has 4 heteroatoms. The number of likely N-dealkylation sites (N-methyl/N-ethyl adjacent to an activating group) is 1. The van der Waals surface area contributed by atoms with Crippen LogP contribution in [0.3, 0.4) is 0 Å². The molecule has 16 heavy (non-hydrogen) atoms. The van der Waals surface area contributed by atoms with E-state index in [0.29, 0.717) is 6.54 Å².